The predicted molar refractivity (Wildman–Crippen MR) is 114 cm³/mol. The van der Waals surface area contributed by atoms with Crippen molar-refractivity contribution in [1.29, 1.82) is 0 Å². The summed E-state index contributed by atoms with van der Waals surface area (Å²) in [5.41, 5.74) is 5.41. The van der Waals surface area contributed by atoms with Gasteiger partial charge >= 0.3 is 0 Å². The Balaban J connectivity index is 1.47. The molecule has 146 valence electrons. The van der Waals surface area contributed by atoms with Crippen LogP contribution < -0.4 is 15.2 Å². The second-order valence-electron chi connectivity index (χ2n) is 6.38. The van der Waals surface area contributed by atoms with Crippen molar-refractivity contribution in [2.75, 3.05) is 0 Å². The van der Waals surface area contributed by atoms with Crippen molar-refractivity contribution in [3.8, 4) is 23.1 Å². The number of rotatable bonds is 5. The Labute approximate surface area is 174 Å². The van der Waals surface area contributed by atoms with E-state index in [4.69, 9.17) is 15.2 Å². The molecule has 5 rings (SSSR count). The first-order valence-electron chi connectivity index (χ1n) is 9.01. The number of amides is 1. The molecule has 8 heteroatoms. The molecule has 1 amide bonds. The molecule has 0 unspecified atom stereocenters. The molecule has 0 spiro atoms. The van der Waals surface area contributed by atoms with E-state index in [1.165, 1.54) is 18.6 Å². The van der Waals surface area contributed by atoms with E-state index in [1.54, 1.807) is 29.5 Å². The molecule has 2 N–H and O–H groups in total. The maximum absolute atomic E-state index is 11.3. The number of hydrogen-bond donors (Lipinski definition) is 1. The first-order chi connectivity index (χ1) is 14.7. The second-order valence-corrected chi connectivity index (χ2v) is 7.41. The number of aromatic nitrogens is 3. The Kier molecular flexibility index (Phi) is 4.45. The first kappa shape index (κ1) is 18.0. The van der Waals surface area contributed by atoms with E-state index in [9.17, 15) is 4.79 Å². The van der Waals surface area contributed by atoms with Crippen molar-refractivity contribution in [2.24, 2.45) is 5.73 Å². The van der Waals surface area contributed by atoms with Gasteiger partial charge in [0.1, 0.15) is 34.1 Å². The van der Waals surface area contributed by atoms with E-state index in [0.717, 1.165) is 20.3 Å². The van der Waals surface area contributed by atoms with Crippen molar-refractivity contribution in [3.63, 3.8) is 0 Å². The zero-order chi connectivity index (χ0) is 20.5. The molecule has 0 radical (unpaired) electrons. The fourth-order valence-electron chi connectivity index (χ4n) is 3.06. The number of carbonyl (C=O) groups is 1. The number of thiophene rings is 1. The van der Waals surface area contributed by atoms with Crippen LogP contribution >= 0.6 is 11.3 Å². The van der Waals surface area contributed by atoms with E-state index in [-0.39, 0.29) is 5.69 Å². The van der Waals surface area contributed by atoms with Crippen LogP contribution in [-0.4, -0.2) is 20.9 Å². The van der Waals surface area contributed by atoms with Gasteiger partial charge in [0, 0.05) is 28.4 Å². The summed E-state index contributed by atoms with van der Waals surface area (Å²) in [6.07, 6.45) is 2.96. The topological polar surface area (TPSA) is 100 Å². The molecule has 2 aromatic carbocycles. The summed E-state index contributed by atoms with van der Waals surface area (Å²) in [6.45, 7) is 0. The standard InChI is InChI=1S/C22H14N4O3S/c23-20(27)17-11-15(8-9-24-17)28-13-4-3-5-14(10-13)29-21-19-16-6-1-2-7-18(16)30-22(19)26-12-25-21/h1-12H,(H2,23,27). The summed E-state index contributed by atoms with van der Waals surface area (Å²) in [5, 5.41) is 1.93. The maximum atomic E-state index is 11.3. The number of ether oxygens (including phenoxy) is 2. The average molecular weight is 414 g/mol. The number of carbonyl (C=O) groups excluding carboxylic acids is 1. The lowest BCUT2D eigenvalue weighted by Gasteiger charge is -2.09. The summed E-state index contributed by atoms with van der Waals surface area (Å²) in [6, 6.07) is 18.3. The highest BCUT2D eigenvalue weighted by Gasteiger charge is 2.13. The van der Waals surface area contributed by atoms with Crippen LogP contribution in [0.3, 0.4) is 0 Å². The fourth-order valence-corrected chi connectivity index (χ4v) is 4.10. The summed E-state index contributed by atoms with van der Waals surface area (Å²) in [7, 11) is 0. The molecule has 0 saturated carbocycles. The molecule has 3 aromatic heterocycles. The normalized spacial score (nSPS) is 10.9. The Morgan fingerprint density at radius 3 is 2.53 bits per heavy atom. The van der Waals surface area contributed by atoms with Gasteiger partial charge in [0.25, 0.3) is 5.91 Å². The van der Waals surface area contributed by atoms with Crippen LogP contribution in [0.5, 0.6) is 23.1 Å². The number of primary amides is 1. The largest absolute Gasteiger partial charge is 0.457 e. The van der Waals surface area contributed by atoms with Gasteiger partial charge in [-0.15, -0.1) is 11.3 Å². The van der Waals surface area contributed by atoms with E-state index >= 15 is 0 Å². The quantitative estimate of drug-likeness (QED) is 0.438. The number of nitrogens with two attached hydrogens (primary N) is 1. The Bertz CT molecular complexity index is 1400. The van der Waals surface area contributed by atoms with Gasteiger partial charge in [0.2, 0.25) is 5.88 Å². The van der Waals surface area contributed by atoms with Gasteiger partial charge in [-0.1, -0.05) is 24.3 Å². The third kappa shape index (κ3) is 3.40. The molecular weight excluding hydrogens is 400 g/mol. The lowest BCUT2D eigenvalue weighted by Crippen LogP contribution is -2.12. The van der Waals surface area contributed by atoms with Gasteiger partial charge in [-0.3, -0.25) is 9.78 Å². The Morgan fingerprint density at radius 2 is 1.67 bits per heavy atom. The smallest absolute Gasteiger partial charge is 0.267 e. The van der Waals surface area contributed by atoms with Gasteiger partial charge in [0.15, 0.2) is 0 Å². The van der Waals surface area contributed by atoms with Gasteiger partial charge < -0.3 is 15.2 Å². The molecule has 0 aliphatic carbocycles. The van der Waals surface area contributed by atoms with Crippen molar-refractivity contribution in [3.05, 3.63) is 78.9 Å². The molecular formula is C22H14N4O3S. The first-order valence-corrected chi connectivity index (χ1v) is 9.83. The summed E-state index contributed by atoms with van der Waals surface area (Å²) >= 11 is 1.60. The third-order valence-electron chi connectivity index (χ3n) is 4.38. The number of fused-ring (bicyclic) bond motifs is 3. The van der Waals surface area contributed by atoms with Gasteiger partial charge in [-0.05, 0) is 24.3 Å². The molecule has 7 nitrogen and oxygen atoms in total. The number of benzene rings is 2. The summed E-state index contributed by atoms with van der Waals surface area (Å²) in [4.78, 5) is 24.8. The van der Waals surface area contributed by atoms with E-state index in [2.05, 4.69) is 21.0 Å². The number of pyridine rings is 1. The molecule has 0 atom stereocenters. The molecule has 0 bridgehead atoms. The Morgan fingerprint density at radius 1 is 0.867 bits per heavy atom. The minimum absolute atomic E-state index is 0.132. The van der Waals surface area contributed by atoms with Crippen LogP contribution in [-0.2, 0) is 0 Å². The van der Waals surface area contributed by atoms with Crippen LogP contribution in [0.2, 0.25) is 0 Å². The van der Waals surface area contributed by atoms with Crippen LogP contribution in [0.4, 0.5) is 0 Å². The van der Waals surface area contributed by atoms with Gasteiger partial charge in [0.05, 0.1) is 5.39 Å². The lowest BCUT2D eigenvalue weighted by molar-refractivity contribution is 0.0995. The highest BCUT2D eigenvalue weighted by molar-refractivity contribution is 7.25. The van der Waals surface area contributed by atoms with Crippen molar-refractivity contribution < 1.29 is 14.3 Å². The molecule has 0 fully saturated rings. The predicted octanol–water partition coefficient (Wildman–Crippen LogP) is 4.92. The number of hydrogen-bond acceptors (Lipinski definition) is 7. The Hall–Kier alpha value is -4.04. The fraction of sp³-hybridized carbons (Fsp3) is 0. The molecule has 0 aliphatic rings. The molecule has 5 aromatic rings. The van der Waals surface area contributed by atoms with E-state index in [0.29, 0.717) is 23.1 Å². The highest BCUT2D eigenvalue weighted by atomic mass is 32.1. The zero-order valence-electron chi connectivity index (χ0n) is 15.5. The SMILES string of the molecule is NC(=O)c1cc(Oc2cccc(Oc3ncnc4sc5ccccc5c34)c2)ccn1. The van der Waals surface area contributed by atoms with Crippen LogP contribution in [0.1, 0.15) is 10.5 Å². The minimum atomic E-state index is -0.617. The minimum Gasteiger partial charge on any atom is -0.457 e. The van der Waals surface area contributed by atoms with Crippen molar-refractivity contribution in [2.45, 2.75) is 0 Å². The van der Waals surface area contributed by atoms with Gasteiger partial charge in [-0.2, -0.15) is 0 Å². The van der Waals surface area contributed by atoms with Crippen LogP contribution in [0.15, 0.2) is 73.2 Å². The molecule has 0 saturated heterocycles. The van der Waals surface area contributed by atoms with E-state index < -0.39 is 5.91 Å². The van der Waals surface area contributed by atoms with Crippen molar-refractivity contribution >= 4 is 37.5 Å². The average Bonchev–Trinajstić information content (AvgIpc) is 3.14. The molecule has 3 heterocycles. The van der Waals surface area contributed by atoms with Crippen molar-refractivity contribution in [1.82, 2.24) is 15.0 Å². The lowest BCUT2D eigenvalue weighted by atomic mass is 10.2. The maximum Gasteiger partial charge on any atom is 0.267 e. The summed E-state index contributed by atoms with van der Waals surface area (Å²) < 4.78 is 13.0. The third-order valence-corrected chi connectivity index (χ3v) is 5.46. The molecule has 0 aliphatic heterocycles. The highest BCUT2D eigenvalue weighted by Crippen LogP contribution is 2.38. The van der Waals surface area contributed by atoms with E-state index in [1.807, 2.05) is 30.3 Å². The summed E-state index contributed by atoms with van der Waals surface area (Å²) in [5.74, 6) is 1.41. The number of nitrogens with zero attached hydrogens (tertiary/aromatic N) is 3. The monoisotopic (exact) mass is 414 g/mol. The van der Waals surface area contributed by atoms with Crippen LogP contribution in [0, 0.1) is 0 Å². The second kappa shape index (κ2) is 7.41. The van der Waals surface area contributed by atoms with Gasteiger partial charge in [-0.25, -0.2) is 9.97 Å². The molecule has 30 heavy (non-hydrogen) atoms. The van der Waals surface area contributed by atoms with Crippen LogP contribution in [0.25, 0.3) is 20.3 Å². The zero-order valence-corrected chi connectivity index (χ0v) is 16.3.